The summed E-state index contributed by atoms with van der Waals surface area (Å²) in [6, 6.07) is 13.8. The zero-order valence-corrected chi connectivity index (χ0v) is 18.0. The fourth-order valence-electron chi connectivity index (χ4n) is 4.30. The van der Waals surface area contributed by atoms with E-state index in [1.807, 2.05) is 30.0 Å². The number of sulfone groups is 2. The second kappa shape index (κ2) is 7.74. The lowest BCUT2D eigenvalue weighted by molar-refractivity contribution is 0.195. The highest BCUT2D eigenvalue weighted by Crippen LogP contribution is 2.32. The number of nitrogens with zero attached hydrogens (tertiary/aromatic N) is 1. The summed E-state index contributed by atoms with van der Waals surface area (Å²) in [5, 5.41) is -0.962. The lowest BCUT2D eigenvalue weighted by Crippen LogP contribution is -2.48. The quantitative estimate of drug-likeness (QED) is 0.715. The maximum absolute atomic E-state index is 13.4. The average molecular weight is 436 g/mol. The van der Waals surface area contributed by atoms with E-state index in [1.165, 1.54) is 17.7 Å². The van der Waals surface area contributed by atoms with Gasteiger partial charge < -0.3 is 4.74 Å². The fourth-order valence-corrected chi connectivity index (χ4v) is 9.13. The molecular weight excluding hydrogens is 410 g/mol. The van der Waals surface area contributed by atoms with Crippen LogP contribution in [0.3, 0.4) is 0 Å². The van der Waals surface area contributed by atoms with Gasteiger partial charge >= 0.3 is 0 Å². The molecule has 1 saturated heterocycles. The molecule has 156 valence electrons. The topological polar surface area (TPSA) is 80.8 Å². The van der Waals surface area contributed by atoms with Crippen molar-refractivity contribution in [3.63, 3.8) is 0 Å². The van der Waals surface area contributed by atoms with Crippen LogP contribution in [-0.2, 0) is 32.6 Å². The van der Waals surface area contributed by atoms with Crippen molar-refractivity contribution in [2.75, 3.05) is 24.7 Å². The molecule has 2 aromatic rings. The van der Waals surface area contributed by atoms with Gasteiger partial charge in [0.15, 0.2) is 19.7 Å². The molecule has 0 aromatic heterocycles. The molecule has 0 N–H and O–H groups in total. The lowest BCUT2D eigenvalue weighted by Gasteiger charge is -2.35. The molecule has 0 bridgehead atoms. The van der Waals surface area contributed by atoms with E-state index in [1.54, 1.807) is 12.1 Å². The van der Waals surface area contributed by atoms with E-state index in [4.69, 9.17) is 4.74 Å². The van der Waals surface area contributed by atoms with E-state index in [0.29, 0.717) is 25.4 Å². The van der Waals surface area contributed by atoms with E-state index >= 15 is 0 Å². The van der Waals surface area contributed by atoms with Crippen LogP contribution in [0.2, 0.25) is 0 Å². The predicted octanol–water partition coefficient (Wildman–Crippen LogP) is 2.08. The first-order chi connectivity index (χ1) is 13.8. The molecule has 2 heterocycles. The van der Waals surface area contributed by atoms with Crippen molar-refractivity contribution in [3.8, 4) is 5.75 Å². The van der Waals surface area contributed by atoms with Gasteiger partial charge in [0.05, 0.1) is 28.3 Å². The van der Waals surface area contributed by atoms with Crippen molar-refractivity contribution in [2.24, 2.45) is 0 Å². The van der Waals surface area contributed by atoms with Crippen molar-refractivity contribution >= 4 is 19.7 Å². The molecule has 8 heteroatoms. The number of fused-ring (bicyclic) bond motifs is 1. The van der Waals surface area contributed by atoms with Crippen LogP contribution in [-0.4, -0.2) is 57.7 Å². The van der Waals surface area contributed by atoms with E-state index in [0.717, 1.165) is 12.0 Å². The summed E-state index contributed by atoms with van der Waals surface area (Å²) < 4.78 is 57.0. The Kier molecular flexibility index (Phi) is 5.44. The van der Waals surface area contributed by atoms with Gasteiger partial charge in [0.2, 0.25) is 0 Å². The zero-order valence-electron chi connectivity index (χ0n) is 16.3. The molecule has 0 amide bonds. The first-order valence-electron chi connectivity index (χ1n) is 9.78. The Morgan fingerprint density at radius 3 is 2.41 bits per heavy atom. The molecule has 1 fully saturated rings. The van der Waals surface area contributed by atoms with Crippen molar-refractivity contribution in [1.82, 2.24) is 4.90 Å². The molecule has 0 saturated carbocycles. The summed E-state index contributed by atoms with van der Waals surface area (Å²) in [6.07, 6.45) is 0.794. The minimum Gasteiger partial charge on any atom is -0.494 e. The highest BCUT2D eigenvalue weighted by atomic mass is 32.2. The molecule has 4 rings (SSSR count). The Labute approximate surface area is 172 Å². The van der Waals surface area contributed by atoms with Crippen molar-refractivity contribution in [1.29, 1.82) is 0 Å². The van der Waals surface area contributed by atoms with E-state index < -0.39 is 31.0 Å². The number of hydrogen-bond acceptors (Lipinski definition) is 6. The zero-order chi connectivity index (χ0) is 20.6. The van der Waals surface area contributed by atoms with Crippen LogP contribution in [0.4, 0.5) is 0 Å². The van der Waals surface area contributed by atoms with Gasteiger partial charge in [-0.05, 0) is 48.7 Å². The van der Waals surface area contributed by atoms with Gasteiger partial charge in [-0.1, -0.05) is 24.3 Å². The van der Waals surface area contributed by atoms with Gasteiger partial charge in [-0.2, -0.15) is 0 Å². The first kappa shape index (κ1) is 20.4. The average Bonchev–Trinajstić information content (AvgIpc) is 3.05. The maximum Gasteiger partial charge on any atom is 0.183 e. The Balaban J connectivity index is 1.64. The van der Waals surface area contributed by atoms with Crippen LogP contribution >= 0.6 is 0 Å². The van der Waals surface area contributed by atoms with E-state index in [2.05, 4.69) is 6.07 Å². The Morgan fingerprint density at radius 1 is 1.03 bits per heavy atom. The SMILES string of the molecule is CCOc1ccc(S(=O)(=O)[C@@H]2CS(=O)(=O)C[C@H]2N2CCc3ccccc3C2)cc1. The van der Waals surface area contributed by atoms with Gasteiger partial charge in [-0.15, -0.1) is 0 Å². The van der Waals surface area contributed by atoms with E-state index in [-0.39, 0.29) is 16.4 Å². The third-order valence-corrected chi connectivity index (χ3v) is 9.90. The first-order valence-corrected chi connectivity index (χ1v) is 13.1. The molecule has 0 spiro atoms. The highest BCUT2D eigenvalue weighted by molar-refractivity contribution is 7.96. The predicted molar refractivity (Wildman–Crippen MR) is 112 cm³/mol. The van der Waals surface area contributed by atoms with Gasteiger partial charge in [-0.3, -0.25) is 4.90 Å². The standard InChI is InChI=1S/C21H25NO5S2/c1-2-27-18-7-9-19(10-8-18)29(25,26)21-15-28(23,24)14-20(21)22-12-11-16-5-3-4-6-17(16)13-22/h3-10,20-21H,2,11-15H2,1H3/t20-,21-/m1/s1. The molecule has 2 aliphatic rings. The van der Waals surface area contributed by atoms with Gasteiger partial charge in [0.1, 0.15) is 5.75 Å². The maximum atomic E-state index is 13.4. The van der Waals surface area contributed by atoms with Crippen LogP contribution in [0.5, 0.6) is 5.75 Å². The number of hydrogen-bond donors (Lipinski definition) is 0. The lowest BCUT2D eigenvalue weighted by atomic mass is 9.98. The molecule has 0 aliphatic carbocycles. The molecule has 2 aliphatic heterocycles. The largest absolute Gasteiger partial charge is 0.494 e. The summed E-state index contributed by atoms with van der Waals surface area (Å²) >= 11 is 0. The molecular formula is C21H25NO5S2. The number of ether oxygens (including phenoxy) is 1. The minimum atomic E-state index is -3.79. The van der Waals surface area contributed by atoms with Crippen LogP contribution in [0.1, 0.15) is 18.1 Å². The van der Waals surface area contributed by atoms with Crippen LogP contribution < -0.4 is 4.74 Å². The normalized spacial score (nSPS) is 24.2. The second-order valence-corrected chi connectivity index (χ2v) is 11.9. The molecule has 2 aromatic carbocycles. The molecule has 29 heavy (non-hydrogen) atoms. The van der Waals surface area contributed by atoms with E-state index in [9.17, 15) is 16.8 Å². The van der Waals surface area contributed by atoms with Crippen molar-refractivity contribution in [2.45, 2.75) is 36.1 Å². The Hall–Kier alpha value is -1.90. The molecule has 0 radical (unpaired) electrons. The Bertz CT molecular complexity index is 1090. The summed E-state index contributed by atoms with van der Waals surface area (Å²) in [7, 11) is -7.22. The van der Waals surface area contributed by atoms with Crippen LogP contribution in [0, 0.1) is 0 Å². The second-order valence-electron chi connectivity index (χ2n) is 7.62. The summed E-state index contributed by atoms with van der Waals surface area (Å²) in [4.78, 5) is 2.18. The summed E-state index contributed by atoms with van der Waals surface area (Å²) in [5.41, 5.74) is 2.38. The van der Waals surface area contributed by atoms with Crippen LogP contribution in [0.15, 0.2) is 53.4 Å². The fraction of sp³-hybridized carbons (Fsp3) is 0.429. The third kappa shape index (κ3) is 4.06. The molecule has 0 unspecified atom stereocenters. The Morgan fingerprint density at radius 2 is 1.72 bits per heavy atom. The smallest absolute Gasteiger partial charge is 0.183 e. The third-order valence-electron chi connectivity index (χ3n) is 5.76. The summed E-state index contributed by atoms with van der Waals surface area (Å²) in [6.45, 7) is 3.58. The minimum absolute atomic E-state index is 0.115. The van der Waals surface area contributed by atoms with Crippen molar-refractivity contribution in [3.05, 3.63) is 59.7 Å². The molecule has 2 atom stereocenters. The summed E-state index contributed by atoms with van der Waals surface area (Å²) in [5.74, 6) is 0.149. The van der Waals surface area contributed by atoms with Gasteiger partial charge in [0.25, 0.3) is 0 Å². The molecule has 6 nitrogen and oxygen atoms in total. The van der Waals surface area contributed by atoms with Crippen molar-refractivity contribution < 1.29 is 21.6 Å². The monoisotopic (exact) mass is 435 g/mol. The van der Waals surface area contributed by atoms with Gasteiger partial charge in [-0.25, -0.2) is 16.8 Å². The number of benzene rings is 2. The van der Waals surface area contributed by atoms with Crippen LogP contribution in [0.25, 0.3) is 0 Å². The van der Waals surface area contributed by atoms with Gasteiger partial charge in [0, 0.05) is 19.1 Å². The highest BCUT2D eigenvalue weighted by Gasteiger charge is 2.48. The number of rotatable bonds is 5.